The first-order chi connectivity index (χ1) is 26.9. The second kappa shape index (κ2) is 14.2. The molecule has 2 bridgehead atoms. The van der Waals surface area contributed by atoms with Gasteiger partial charge in [-0.1, -0.05) is 153 Å². The van der Waals surface area contributed by atoms with Crippen molar-refractivity contribution in [3.8, 4) is 62.5 Å². The topological polar surface area (TPSA) is 62.5 Å². The lowest BCUT2D eigenvalue weighted by Crippen LogP contribution is -2.48. The van der Waals surface area contributed by atoms with Crippen LogP contribution in [0.5, 0.6) is 0 Å². The highest BCUT2D eigenvalue weighted by Gasteiger charge is 2.51. The number of nitriles is 1. The van der Waals surface area contributed by atoms with Crippen molar-refractivity contribution in [2.75, 3.05) is 0 Å². The van der Waals surface area contributed by atoms with E-state index in [4.69, 9.17) is 15.0 Å². The summed E-state index contributed by atoms with van der Waals surface area (Å²) in [5.41, 5.74) is 11.4. The monoisotopic (exact) mass is 712 g/mol. The molecule has 7 aromatic rings. The van der Waals surface area contributed by atoms with E-state index in [-0.39, 0.29) is 10.8 Å². The van der Waals surface area contributed by atoms with E-state index in [9.17, 15) is 5.26 Å². The van der Waals surface area contributed by atoms with Gasteiger partial charge in [-0.15, -0.1) is 0 Å². The van der Waals surface area contributed by atoms with E-state index in [0.29, 0.717) is 34.9 Å². The van der Waals surface area contributed by atoms with Gasteiger partial charge in [-0.3, -0.25) is 0 Å². The number of aromatic nitrogens is 3. The Bertz CT molecular complexity index is 2420. The standard InChI is InChI=1S/C51H44N4/c1-35-28-37-31-50(2,45-24-20-39(21-25-45)38-18-16-36(33-52)17-19-38)34-51(30-35,32-37)46-26-22-40(23-27-46)43-14-9-15-44(29-43)49-54-47(41-10-5-3-6-11-41)53-48(55-49)42-12-7-4-8-13-42/h3-27,29,35,37H,28,30-32,34H2,1-2H3. The highest BCUT2D eigenvalue weighted by atomic mass is 15.0. The van der Waals surface area contributed by atoms with Crippen molar-refractivity contribution in [2.45, 2.75) is 56.8 Å². The number of hydrogen-bond acceptors (Lipinski definition) is 4. The molecule has 9 rings (SSSR count). The maximum atomic E-state index is 9.23. The summed E-state index contributed by atoms with van der Waals surface area (Å²) < 4.78 is 0. The zero-order valence-corrected chi connectivity index (χ0v) is 31.5. The average molecular weight is 713 g/mol. The molecule has 0 amide bonds. The molecule has 0 aliphatic heterocycles. The Balaban J connectivity index is 1.01. The summed E-state index contributed by atoms with van der Waals surface area (Å²) in [6.07, 6.45) is 6.18. The van der Waals surface area contributed by atoms with Crippen LogP contribution in [0, 0.1) is 23.2 Å². The van der Waals surface area contributed by atoms with Crippen LogP contribution in [0.3, 0.4) is 0 Å². The lowest BCUT2D eigenvalue weighted by atomic mass is 9.49. The summed E-state index contributed by atoms with van der Waals surface area (Å²) in [4.78, 5) is 14.8. The van der Waals surface area contributed by atoms with Crippen molar-refractivity contribution in [2.24, 2.45) is 11.8 Å². The van der Waals surface area contributed by atoms with Crippen LogP contribution in [-0.4, -0.2) is 15.0 Å². The van der Waals surface area contributed by atoms with Crippen molar-refractivity contribution in [3.63, 3.8) is 0 Å². The molecular formula is C51H44N4. The molecule has 2 aliphatic carbocycles. The van der Waals surface area contributed by atoms with Gasteiger partial charge in [-0.2, -0.15) is 5.26 Å². The fourth-order valence-corrected chi connectivity index (χ4v) is 9.95. The third-order valence-electron chi connectivity index (χ3n) is 12.2. The van der Waals surface area contributed by atoms with E-state index >= 15 is 0 Å². The van der Waals surface area contributed by atoms with E-state index in [1.165, 1.54) is 47.9 Å². The number of benzene rings is 6. The fraction of sp³-hybridized carbons (Fsp3) is 0.216. The molecule has 4 unspecified atom stereocenters. The fourth-order valence-electron chi connectivity index (χ4n) is 9.95. The quantitative estimate of drug-likeness (QED) is 0.165. The van der Waals surface area contributed by atoms with E-state index in [0.717, 1.165) is 34.2 Å². The first kappa shape index (κ1) is 34.6. The zero-order valence-electron chi connectivity index (χ0n) is 31.5. The first-order valence-corrected chi connectivity index (χ1v) is 19.6. The van der Waals surface area contributed by atoms with Gasteiger partial charge in [0, 0.05) is 16.7 Å². The number of rotatable bonds is 7. The van der Waals surface area contributed by atoms with Gasteiger partial charge in [0.1, 0.15) is 0 Å². The average Bonchev–Trinajstić information content (AvgIpc) is 3.24. The van der Waals surface area contributed by atoms with Crippen molar-refractivity contribution < 1.29 is 0 Å². The van der Waals surface area contributed by atoms with E-state index in [1.807, 2.05) is 84.9 Å². The molecule has 0 radical (unpaired) electrons. The molecule has 0 N–H and O–H groups in total. The molecular weight excluding hydrogens is 669 g/mol. The maximum Gasteiger partial charge on any atom is 0.164 e. The minimum absolute atomic E-state index is 0.0982. The summed E-state index contributed by atoms with van der Waals surface area (Å²) in [6.45, 7) is 4.97. The van der Waals surface area contributed by atoms with Crippen LogP contribution in [0.1, 0.15) is 62.6 Å². The second-order valence-corrected chi connectivity index (χ2v) is 16.3. The van der Waals surface area contributed by atoms with Gasteiger partial charge in [-0.25, -0.2) is 15.0 Å². The van der Waals surface area contributed by atoms with Crippen LogP contribution in [-0.2, 0) is 10.8 Å². The Morgan fingerprint density at radius 2 is 1.00 bits per heavy atom. The Kier molecular flexibility index (Phi) is 8.95. The van der Waals surface area contributed by atoms with Gasteiger partial charge in [0.2, 0.25) is 0 Å². The van der Waals surface area contributed by atoms with Gasteiger partial charge in [-0.05, 0) is 106 Å². The predicted molar refractivity (Wildman–Crippen MR) is 223 cm³/mol. The number of fused-ring (bicyclic) bond motifs is 2. The third kappa shape index (κ3) is 6.88. The Labute approximate surface area is 324 Å². The number of nitrogens with zero attached hydrogens (tertiary/aromatic N) is 4. The van der Waals surface area contributed by atoms with Crippen LogP contribution < -0.4 is 0 Å². The van der Waals surface area contributed by atoms with E-state index in [1.54, 1.807) is 0 Å². The molecule has 2 fully saturated rings. The predicted octanol–water partition coefficient (Wildman–Crippen LogP) is 12.5. The Morgan fingerprint density at radius 1 is 0.509 bits per heavy atom. The molecule has 55 heavy (non-hydrogen) atoms. The normalized spacial score (nSPS) is 21.8. The lowest BCUT2D eigenvalue weighted by molar-refractivity contribution is 0.0592. The van der Waals surface area contributed by atoms with Crippen molar-refractivity contribution in [1.82, 2.24) is 15.0 Å². The van der Waals surface area contributed by atoms with E-state index < -0.39 is 0 Å². The van der Waals surface area contributed by atoms with Crippen molar-refractivity contribution in [3.05, 3.63) is 174 Å². The van der Waals surface area contributed by atoms with Crippen molar-refractivity contribution in [1.29, 1.82) is 5.26 Å². The molecule has 1 heterocycles. The molecule has 1 aromatic heterocycles. The molecule has 4 heteroatoms. The largest absolute Gasteiger partial charge is 0.208 e. The van der Waals surface area contributed by atoms with Crippen LogP contribution in [0.4, 0.5) is 0 Å². The van der Waals surface area contributed by atoms with Gasteiger partial charge in [0.05, 0.1) is 11.6 Å². The third-order valence-corrected chi connectivity index (χ3v) is 12.2. The van der Waals surface area contributed by atoms with Gasteiger partial charge < -0.3 is 0 Å². The van der Waals surface area contributed by atoms with Crippen LogP contribution in [0.2, 0.25) is 0 Å². The SMILES string of the molecule is CC1CC2CC(C)(c3ccc(-c4ccc(C#N)cc4)cc3)CC(c3ccc(-c4cccc(-c5nc(-c6ccccc6)nc(-c6ccccc6)n5)c4)cc3)(C1)C2. The summed E-state index contributed by atoms with van der Waals surface area (Å²) in [7, 11) is 0. The highest BCUT2D eigenvalue weighted by molar-refractivity contribution is 5.73. The minimum atomic E-state index is 0.0982. The molecule has 2 aliphatic rings. The summed E-state index contributed by atoms with van der Waals surface area (Å²) >= 11 is 0. The molecule has 268 valence electrons. The summed E-state index contributed by atoms with van der Waals surface area (Å²) in [5.74, 6) is 3.42. The van der Waals surface area contributed by atoms with Crippen LogP contribution in [0.15, 0.2) is 158 Å². The second-order valence-electron chi connectivity index (χ2n) is 16.3. The summed E-state index contributed by atoms with van der Waals surface area (Å²) in [5, 5.41) is 9.23. The van der Waals surface area contributed by atoms with Gasteiger partial charge >= 0.3 is 0 Å². The van der Waals surface area contributed by atoms with Gasteiger partial charge in [0.15, 0.2) is 17.5 Å². The zero-order chi connectivity index (χ0) is 37.4. The number of hydrogen-bond donors (Lipinski definition) is 0. The molecule has 0 spiro atoms. The Hall–Kier alpha value is -6.18. The molecule has 4 nitrogen and oxygen atoms in total. The smallest absolute Gasteiger partial charge is 0.164 e. The summed E-state index contributed by atoms with van der Waals surface area (Å²) in [6, 6.07) is 57.8. The van der Waals surface area contributed by atoms with E-state index in [2.05, 4.69) is 92.7 Å². The molecule has 2 saturated carbocycles. The first-order valence-electron chi connectivity index (χ1n) is 19.6. The maximum absolute atomic E-state index is 9.23. The molecule has 4 atom stereocenters. The van der Waals surface area contributed by atoms with Gasteiger partial charge in [0.25, 0.3) is 0 Å². The Morgan fingerprint density at radius 3 is 1.58 bits per heavy atom. The molecule has 6 aromatic carbocycles. The van der Waals surface area contributed by atoms with Crippen molar-refractivity contribution >= 4 is 0 Å². The minimum Gasteiger partial charge on any atom is -0.208 e. The molecule has 0 saturated heterocycles. The lowest BCUT2D eigenvalue weighted by Gasteiger charge is -2.55. The highest BCUT2D eigenvalue weighted by Crippen LogP contribution is 2.58. The van der Waals surface area contributed by atoms with Crippen LogP contribution in [0.25, 0.3) is 56.4 Å². The van der Waals surface area contributed by atoms with Crippen LogP contribution >= 0.6 is 0 Å².